The van der Waals surface area contributed by atoms with Crippen molar-refractivity contribution in [2.45, 2.75) is 6.04 Å². The Morgan fingerprint density at radius 2 is 1.89 bits per heavy atom. The number of anilines is 1. The first-order valence-corrected chi connectivity index (χ1v) is 5.61. The highest BCUT2D eigenvalue weighted by Gasteiger charge is 2.21. The van der Waals surface area contributed by atoms with Crippen LogP contribution in [0.3, 0.4) is 0 Å². The quantitative estimate of drug-likeness (QED) is 0.836. The second-order valence-electron chi connectivity index (χ2n) is 3.73. The Morgan fingerprint density at radius 3 is 2.50 bits per heavy atom. The van der Waals surface area contributed by atoms with Crippen LogP contribution in [0.5, 0.6) is 0 Å². The zero-order chi connectivity index (χ0) is 12.8. The molecule has 0 spiro atoms. The number of benzene rings is 1. The van der Waals surface area contributed by atoms with Gasteiger partial charge in [0.1, 0.15) is 5.82 Å². The lowest BCUT2D eigenvalue weighted by Gasteiger charge is -2.17. The van der Waals surface area contributed by atoms with Crippen molar-refractivity contribution in [2.24, 2.45) is 0 Å². The summed E-state index contributed by atoms with van der Waals surface area (Å²) in [6.07, 6.45) is 1.67. The molecular weight excluding hydrogens is 228 g/mol. The van der Waals surface area contributed by atoms with Gasteiger partial charge in [-0.2, -0.15) is 0 Å². The first-order valence-electron chi connectivity index (χ1n) is 5.61. The molecule has 0 radical (unpaired) electrons. The summed E-state index contributed by atoms with van der Waals surface area (Å²) in [5.41, 5.74) is 0.843. The summed E-state index contributed by atoms with van der Waals surface area (Å²) in [6.45, 7) is 0. The van der Waals surface area contributed by atoms with Crippen molar-refractivity contribution in [1.29, 1.82) is 0 Å². The molecule has 2 rings (SSSR count). The van der Waals surface area contributed by atoms with Crippen molar-refractivity contribution >= 4 is 11.8 Å². The van der Waals surface area contributed by atoms with Gasteiger partial charge in [0.05, 0.1) is 7.11 Å². The Hall–Kier alpha value is -2.36. The van der Waals surface area contributed by atoms with Crippen LogP contribution in [0.15, 0.2) is 54.7 Å². The Kier molecular flexibility index (Phi) is 3.91. The van der Waals surface area contributed by atoms with Crippen LogP contribution in [-0.4, -0.2) is 18.1 Å². The highest BCUT2D eigenvalue weighted by molar-refractivity contribution is 5.80. The number of nitrogens with one attached hydrogen (secondary N) is 1. The summed E-state index contributed by atoms with van der Waals surface area (Å²) in [5, 5.41) is 3.06. The van der Waals surface area contributed by atoms with Crippen molar-refractivity contribution in [1.82, 2.24) is 4.98 Å². The van der Waals surface area contributed by atoms with E-state index in [1.165, 1.54) is 7.11 Å². The first kappa shape index (κ1) is 12.1. The van der Waals surface area contributed by atoms with Gasteiger partial charge in [0.25, 0.3) is 0 Å². The second-order valence-corrected chi connectivity index (χ2v) is 3.73. The van der Waals surface area contributed by atoms with E-state index in [9.17, 15) is 4.79 Å². The lowest BCUT2D eigenvalue weighted by molar-refractivity contribution is -0.141. The third-order valence-corrected chi connectivity index (χ3v) is 2.53. The number of aromatic nitrogens is 1. The van der Waals surface area contributed by atoms with Gasteiger partial charge in [-0.05, 0) is 17.7 Å². The smallest absolute Gasteiger partial charge is 0.333 e. The number of pyridine rings is 1. The molecule has 0 aliphatic heterocycles. The van der Waals surface area contributed by atoms with Gasteiger partial charge in [-0.1, -0.05) is 36.4 Å². The van der Waals surface area contributed by atoms with Crippen molar-refractivity contribution in [3.05, 3.63) is 60.3 Å². The molecule has 1 atom stereocenters. The standard InChI is InChI=1S/C14H14N2O2/c1-18-14(17)13(11-7-3-2-4-8-11)16-12-9-5-6-10-15-12/h2-10,13H,1H3,(H,15,16). The summed E-state index contributed by atoms with van der Waals surface area (Å²) in [6, 6.07) is 14.3. The van der Waals surface area contributed by atoms with Crippen LogP contribution in [0, 0.1) is 0 Å². The maximum atomic E-state index is 11.8. The third-order valence-electron chi connectivity index (χ3n) is 2.53. The molecule has 1 aromatic carbocycles. The molecule has 0 bridgehead atoms. The zero-order valence-electron chi connectivity index (χ0n) is 10.0. The molecule has 18 heavy (non-hydrogen) atoms. The minimum atomic E-state index is -0.550. The third kappa shape index (κ3) is 2.85. The number of hydrogen-bond donors (Lipinski definition) is 1. The molecule has 0 aliphatic carbocycles. The number of carbonyl (C=O) groups is 1. The predicted octanol–water partition coefficient (Wildman–Crippen LogP) is 2.41. The first-order chi connectivity index (χ1) is 8.81. The van der Waals surface area contributed by atoms with Crippen LogP contribution in [0.1, 0.15) is 11.6 Å². The summed E-state index contributed by atoms with van der Waals surface area (Å²) >= 11 is 0. The Bertz CT molecular complexity index is 500. The predicted molar refractivity (Wildman–Crippen MR) is 69.1 cm³/mol. The van der Waals surface area contributed by atoms with E-state index in [1.54, 1.807) is 12.3 Å². The number of esters is 1. The van der Waals surface area contributed by atoms with Crippen molar-refractivity contribution in [3.63, 3.8) is 0 Å². The van der Waals surface area contributed by atoms with Crippen molar-refractivity contribution in [2.75, 3.05) is 12.4 Å². The average Bonchev–Trinajstić information content (AvgIpc) is 2.46. The molecule has 0 fully saturated rings. The molecule has 92 valence electrons. The van der Waals surface area contributed by atoms with Crippen LogP contribution in [0.4, 0.5) is 5.82 Å². The molecule has 1 heterocycles. The minimum absolute atomic E-state index is 0.341. The number of carbonyl (C=O) groups excluding carboxylic acids is 1. The number of ether oxygens (including phenoxy) is 1. The van der Waals surface area contributed by atoms with E-state index in [-0.39, 0.29) is 5.97 Å². The Balaban J connectivity index is 2.24. The summed E-state index contributed by atoms with van der Waals surface area (Å²) in [7, 11) is 1.37. The Labute approximate surface area is 106 Å². The zero-order valence-corrected chi connectivity index (χ0v) is 10.0. The maximum Gasteiger partial charge on any atom is 0.333 e. The molecule has 2 aromatic rings. The van der Waals surface area contributed by atoms with E-state index in [0.717, 1.165) is 5.56 Å². The van der Waals surface area contributed by atoms with Crippen LogP contribution in [0.2, 0.25) is 0 Å². The highest BCUT2D eigenvalue weighted by Crippen LogP contribution is 2.19. The largest absolute Gasteiger partial charge is 0.467 e. The van der Waals surface area contributed by atoms with Crippen LogP contribution in [0.25, 0.3) is 0 Å². The number of methoxy groups -OCH3 is 1. The topological polar surface area (TPSA) is 51.2 Å². The van der Waals surface area contributed by atoms with Gasteiger partial charge in [0.15, 0.2) is 6.04 Å². The van der Waals surface area contributed by atoms with E-state index in [2.05, 4.69) is 10.3 Å². The second kappa shape index (κ2) is 5.82. The summed E-state index contributed by atoms with van der Waals surface area (Å²) < 4.78 is 4.81. The van der Waals surface area contributed by atoms with E-state index in [0.29, 0.717) is 5.82 Å². The fourth-order valence-electron chi connectivity index (χ4n) is 1.64. The molecule has 1 unspecified atom stereocenters. The van der Waals surface area contributed by atoms with E-state index >= 15 is 0 Å². The van der Waals surface area contributed by atoms with E-state index < -0.39 is 6.04 Å². The average molecular weight is 242 g/mol. The molecular formula is C14H14N2O2. The molecule has 4 nitrogen and oxygen atoms in total. The highest BCUT2D eigenvalue weighted by atomic mass is 16.5. The van der Waals surface area contributed by atoms with Crippen molar-refractivity contribution < 1.29 is 9.53 Å². The van der Waals surface area contributed by atoms with Gasteiger partial charge in [-0.15, -0.1) is 0 Å². The van der Waals surface area contributed by atoms with E-state index in [1.807, 2.05) is 42.5 Å². The molecule has 0 saturated carbocycles. The van der Waals surface area contributed by atoms with Gasteiger partial charge in [-0.3, -0.25) is 0 Å². The van der Waals surface area contributed by atoms with Gasteiger partial charge in [-0.25, -0.2) is 9.78 Å². The van der Waals surface area contributed by atoms with Crippen LogP contribution >= 0.6 is 0 Å². The van der Waals surface area contributed by atoms with Crippen molar-refractivity contribution in [3.8, 4) is 0 Å². The Morgan fingerprint density at radius 1 is 1.17 bits per heavy atom. The van der Waals surface area contributed by atoms with Gasteiger partial charge >= 0.3 is 5.97 Å². The molecule has 1 N–H and O–H groups in total. The number of hydrogen-bond acceptors (Lipinski definition) is 4. The number of rotatable bonds is 4. The molecule has 1 aromatic heterocycles. The molecule has 0 saturated heterocycles. The van der Waals surface area contributed by atoms with E-state index in [4.69, 9.17) is 4.74 Å². The van der Waals surface area contributed by atoms with Gasteiger partial charge in [0.2, 0.25) is 0 Å². The fraction of sp³-hybridized carbons (Fsp3) is 0.143. The lowest BCUT2D eigenvalue weighted by Crippen LogP contribution is -2.22. The summed E-state index contributed by atoms with van der Waals surface area (Å²) in [5.74, 6) is 0.295. The SMILES string of the molecule is COC(=O)C(Nc1ccccn1)c1ccccc1. The van der Waals surface area contributed by atoms with Gasteiger partial charge < -0.3 is 10.1 Å². The summed E-state index contributed by atoms with van der Waals surface area (Å²) in [4.78, 5) is 15.9. The maximum absolute atomic E-state index is 11.8. The molecule has 0 amide bonds. The normalized spacial score (nSPS) is 11.6. The van der Waals surface area contributed by atoms with Crippen LogP contribution in [-0.2, 0) is 9.53 Å². The van der Waals surface area contributed by atoms with Gasteiger partial charge in [0, 0.05) is 6.20 Å². The van der Waals surface area contributed by atoms with Crippen LogP contribution < -0.4 is 5.32 Å². The molecule has 0 aliphatic rings. The lowest BCUT2D eigenvalue weighted by atomic mass is 10.1. The fourth-order valence-corrected chi connectivity index (χ4v) is 1.64. The monoisotopic (exact) mass is 242 g/mol. The minimum Gasteiger partial charge on any atom is -0.467 e. The number of nitrogens with zero attached hydrogens (tertiary/aromatic N) is 1. The molecule has 4 heteroatoms.